The summed E-state index contributed by atoms with van der Waals surface area (Å²) in [5.74, 6) is 0. The lowest BCUT2D eigenvalue weighted by Gasteiger charge is -2.26. The summed E-state index contributed by atoms with van der Waals surface area (Å²) in [6.07, 6.45) is 5.39. The summed E-state index contributed by atoms with van der Waals surface area (Å²) >= 11 is 0. The molecule has 0 aromatic carbocycles. The quantitative estimate of drug-likeness (QED) is 0.714. The smallest absolute Gasteiger partial charge is 0.0779 e. The summed E-state index contributed by atoms with van der Waals surface area (Å²) < 4.78 is 5.69. The van der Waals surface area contributed by atoms with E-state index in [0.717, 1.165) is 38.8 Å². The summed E-state index contributed by atoms with van der Waals surface area (Å²) in [6.45, 7) is 3.94. The molecule has 82 valence electrons. The highest BCUT2D eigenvalue weighted by Gasteiger charge is 2.32. The maximum atomic E-state index is 9.64. The van der Waals surface area contributed by atoms with Crippen LogP contribution >= 0.6 is 0 Å². The Morgan fingerprint density at radius 1 is 1.43 bits per heavy atom. The molecule has 2 aliphatic rings. The summed E-state index contributed by atoms with van der Waals surface area (Å²) in [4.78, 5) is 0. The minimum absolute atomic E-state index is 0.0162. The van der Waals surface area contributed by atoms with E-state index < -0.39 is 0 Å². The molecule has 1 saturated heterocycles. The molecule has 1 aliphatic heterocycles. The Hall–Kier alpha value is -0.120. The van der Waals surface area contributed by atoms with Gasteiger partial charge in [0.15, 0.2) is 0 Å². The van der Waals surface area contributed by atoms with E-state index in [9.17, 15) is 5.11 Å². The number of rotatable bonds is 3. The van der Waals surface area contributed by atoms with Crippen molar-refractivity contribution in [3.63, 3.8) is 0 Å². The predicted octanol–water partition coefficient (Wildman–Crippen LogP) is 1.06. The fourth-order valence-electron chi connectivity index (χ4n) is 2.50. The van der Waals surface area contributed by atoms with E-state index in [1.54, 1.807) is 0 Å². The number of nitrogens with one attached hydrogen (secondary N) is 1. The van der Waals surface area contributed by atoms with E-state index in [1.165, 1.54) is 6.42 Å². The molecule has 0 radical (unpaired) electrons. The van der Waals surface area contributed by atoms with Gasteiger partial charge in [-0.2, -0.15) is 0 Å². The van der Waals surface area contributed by atoms with E-state index in [1.807, 2.05) is 0 Å². The van der Waals surface area contributed by atoms with E-state index in [-0.39, 0.29) is 11.7 Å². The first-order chi connectivity index (χ1) is 6.70. The topological polar surface area (TPSA) is 41.5 Å². The molecule has 0 bridgehead atoms. The van der Waals surface area contributed by atoms with Gasteiger partial charge in [-0.25, -0.2) is 0 Å². The predicted molar refractivity (Wildman–Crippen MR) is 55.2 cm³/mol. The number of aliphatic hydroxyl groups is 1. The van der Waals surface area contributed by atoms with E-state index in [4.69, 9.17) is 4.74 Å². The zero-order valence-electron chi connectivity index (χ0n) is 8.96. The minimum atomic E-state index is -0.139. The Morgan fingerprint density at radius 2 is 2.29 bits per heavy atom. The molecule has 3 heteroatoms. The van der Waals surface area contributed by atoms with Crippen molar-refractivity contribution in [2.45, 2.75) is 56.8 Å². The highest BCUT2D eigenvalue weighted by molar-refractivity contribution is 4.88. The second-order valence-electron chi connectivity index (χ2n) is 4.89. The molecule has 2 rings (SSSR count). The molecule has 3 unspecified atom stereocenters. The first kappa shape index (κ1) is 10.4. The van der Waals surface area contributed by atoms with Crippen molar-refractivity contribution in [1.82, 2.24) is 5.32 Å². The van der Waals surface area contributed by atoms with Crippen LogP contribution in [0.1, 0.15) is 39.0 Å². The third-order valence-corrected chi connectivity index (χ3v) is 3.52. The van der Waals surface area contributed by atoms with Crippen molar-refractivity contribution in [2.75, 3.05) is 13.2 Å². The van der Waals surface area contributed by atoms with Crippen molar-refractivity contribution >= 4 is 0 Å². The molecule has 0 amide bonds. The van der Waals surface area contributed by atoms with Gasteiger partial charge in [0.2, 0.25) is 0 Å². The first-order valence-corrected chi connectivity index (χ1v) is 5.75. The van der Waals surface area contributed by atoms with E-state index in [2.05, 4.69) is 12.2 Å². The van der Waals surface area contributed by atoms with Crippen molar-refractivity contribution < 1.29 is 9.84 Å². The normalized spacial score (nSPS) is 43.3. The molecule has 2 N–H and O–H groups in total. The summed E-state index contributed by atoms with van der Waals surface area (Å²) in [7, 11) is 0. The lowest BCUT2D eigenvalue weighted by atomic mass is 10.0. The summed E-state index contributed by atoms with van der Waals surface area (Å²) in [5, 5.41) is 13.1. The number of aliphatic hydroxyl groups excluding tert-OH is 1. The van der Waals surface area contributed by atoms with Crippen molar-refractivity contribution in [3.8, 4) is 0 Å². The maximum absolute atomic E-state index is 9.64. The Labute approximate surface area is 85.8 Å². The Balaban J connectivity index is 1.75. The molecule has 14 heavy (non-hydrogen) atoms. The highest BCUT2D eigenvalue weighted by Crippen LogP contribution is 2.25. The molecule has 0 aromatic rings. The van der Waals surface area contributed by atoms with Crippen LogP contribution in [0, 0.1) is 0 Å². The van der Waals surface area contributed by atoms with Gasteiger partial charge in [0.05, 0.1) is 11.7 Å². The lowest BCUT2D eigenvalue weighted by molar-refractivity contribution is 0.0149. The molecular weight excluding hydrogens is 178 g/mol. The fraction of sp³-hybridized carbons (Fsp3) is 1.00. The Bertz CT molecular complexity index is 190. The monoisotopic (exact) mass is 199 g/mol. The van der Waals surface area contributed by atoms with Crippen molar-refractivity contribution in [2.24, 2.45) is 0 Å². The fourth-order valence-corrected chi connectivity index (χ4v) is 2.50. The van der Waals surface area contributed by atoms with Crippen LogP contribution in [0.15, 0.2) is 0 Å². The molecule has 1 heterocycles. The summed E-state index contributed by atoms with van der Waals surface area (Å²) in [6, 6.07) is 0.302. The third kappa shape index (κ3) is 2.27. The van der Waals surface area contributed by atoms with Crippen LogP contribution in [-0.2, 0) is 4.74 Å². The van der Waals surface area contributed by atoms with Gasteiger partial charge in [-0.3, -0.25) is 0 Å². The number of hydrogen-bond acceptors (Lipinski definition) is 3. The highest BCUT2D eigenvalue weighted by atomic mass is 16.5. The van der Waals surface area contributed by atoms with Gasteiger partial charge in [-0.15, -0.1) is 0 Å². The lowest BCUT2D eigenvalue weighted by Crippen LogP contribution is -2.44. The van der Waals surface area contributed by atoms with Crippen LogP contribution in [0.25, 0.3) is 0 Å². The Morgan fingerprint density at radius 3 is 2.86 bits per heavy atom. The van der Waals surface area contributed by atoms with Crippen LogP contribution in [0.3, 0.4) is 0 Å². The van der Waals surface area contributed by atoms with Crippen molar-refractivity contribution in [1.29, 1.82) is 0 Å². The number of hydrogen-bond donors (Lipinski definition) is 2. The molecule has 0 aromatic heterocycles. The molecule has 3 atom stereocenters. The van der Waals surface area contributed by atoms with Gasteiger partial charge >= 0.3 is 0 Å². The maximum Gasteiger partial charge on any atom is 0.0779 e. The van der Waals surface area contributed by atoms with E-state index >= 15 is 0 Å². The van der Waals surface area contributed by atoms with Crippen LogP contribution in [0.2, 0.25) is 0 Å². The van der Waals surface area contributed by atoms with Gasteiger partial charge in [0.25, 0.3) is 0 Å². The van der Waals surface area contributed by atoms with Gasteiger partial charge in [0, 0.05) is 19.2 Å². The second kappa shape index (κ2) is 4.17. The Kier molecular flexibility index (Phi) is 3.10. The molecule has 1 aliphatic carbocycles. The molecule has 1 saturated carbocycles. The molecule has 0 spiro atoms. The van der Waals surface area contributed by atoms with Gasteiger partial charge in [0.1, 0.15) is 0 Å². The van der Waals surface area contributed by atoms with Crippen molar-refractivity contribution in [3.05, 3.63) is 0 Å². The van der Waals surface area contributed by atoms with Gasteiger partial charge in [-0.1, -0.05) is 0 Å². The van der Waals surface area contributed by atoms with Crippen LogP contribution in [0.5, 0.6) is 0 Å². The second-order valence-corrected chi connectivity index (χ2v) is 4.89. The SMILES string of the molecule is CC1(CNC2CCCC2O)CCCO1. The van der Waals surface area contributed by atoms with Crippen LogP contribution in [-0.4, -0.2) is 36.0 Å². The molecule has 2 fully saturated rings. The zero-order valence-corrected chi connectivity index (χ0v) is 8.96. The van der Waals surface area contributed by atoms with Gasteiger partial charge < -0.3 is 15.2 Å². The summed E-state index contributed by atoms with van der Waals surface area (Å²) in [5.41, 5.74) is 0.0162. The average Bonchev–Trinajstić information content (AvgIpc) is 2.73. The third-order valence-electron chi connectivity index (χ3n) is 3.52. The van der Waals surface area contributed by atoms with Gasteiger partial charge in [-0.05, 0) is 39.0 Å². The van der Waals surface area contributed by atoms with Crippen LogP contribution in [0.4, 0.5) is 0 Å². The molecule has 3 nitrogen and oxygen atoms in total. The first-order valence-electron chi connectivity index (χ1n) is 5.75. The van der Waals surface area contributed by atoms with E-state index in [0.29, 0.717) is 6.04 Å². The zero-order chi connectivity index (χ0) is 10.0. The standard InChI is InChI=1S/C11H21NO2/c1-11(6-3-7-14-11)8-12-9-4-2-5-10(9)13/h9-10,12-13H,2-8H2,1H3. The number of ether oxygens (including phenoxy) is 1. The largest absolute Gasteiger partial charge is 0.392 e. The van der Waals surface area contributed by atoms with Crippen LogP contribution < -0.4 is 5.32 Å². The minimum Gasteiger partial charge on any atom is -0.392 e. The average molecular weight is 199 g/mol. The molecular formula is C11H21NO2.